The number of nitrogens with zero attached hydrogens (tertiary/aromatic N) is 2. The van der Waals surface area contributed by atoms with Gasteiger partial charge in [0.05, 0.1) is 18.8 Å². The van der Waals surface area contributed by atoms with Crippen LogP contribution in [0, 0.1) is 0 Å². The SMILES string of the molecule is CSc1ccc(NC(=O)Nc2ccc(N(C)C)c(C(=O)NCCCN3CCOCC3)c2)cc1. The quantitative estimate of drug-likeness (QED) is 0.383. The number of ether oxygens (including phenoxy) is 1. The summed E-state index contributed by atoms with van der Waals surface area (Å²) >= 11 is 1.64. The number of nitrogens with one attached hydrogen (secondary N) is 3. The highest BCUT2D eigenvalue weighted by Crippen LogP contribution is 2.23. The summed E-state index contributed by atoms with van der Waals surface area (Å²) in [5.74, 6) is -0.155. The molecule has 3 N–H and O–H groups in total. The molecule has 0 aliphatic carbocycles. The zero-order valence-electron chi connectivity index (χ0n) is 19.5. The second kappa shape index (κ2) is 12.5. The monoisotopic (exact) mass is 471 g/mol. The summed E-state index contributed by atoms with van der Waals surface area (Å²) in [7, 11) is 3.78. The fraction of sp³-hybridized carbons (Fsp3) is 0.417. The maximum atomic E-state index is 12.9. The fourth-order valence-electron chi connectivity index (χ4n) is 3.58. The minimum absolute atomic E-state index is 0.155. The molecule has 1 fully saturated rings. The number of hydrogen-bond donors (Lipinski definition) is 3. The molecule has 3 amide bonds. The van der Waals surface area contributed by atoms with Gasteiger partial charge in [-0.2, -0.15) is 0 Å². The maximum absolute atomic E-state index is 12.9. The largest absolute Gasteiger partial charge is 0.379 e. The molecule has 2 aromatic rings. The molecule has 2 aromatic carbocycles. The first-order valence-corrected chi connectivity index (χ1v) is 12.3. The van der Waals surface area contributed by atoms with Crippen LogP contribution in [-0.4, -0.2) is 76.6 Å². The van der Waals surface area contributed by atoms with E-state index < -0.39 is 0 Å². The molecule has 0 unspecified atom stereocenters. The highest BCUT2D eigenvalue weighted by Gasteiger charge is 2.15. The number of anilines is 3. The number of benzene rings is 2. The van der Waals surface area contributed by atoms with Crippen LogP contribution in [0.4, 0.5) is 21.9 Å². The van der Waals surface area contributed by atoms with Crippen molar-refractivity contribution >= 4 is 40.8 Å². The standard InChI is InChI=1S/C24H33N5O3S/c1-28(2)22-10-7-19(27-24(31)26-18-5-8-20(33-3)9-6-18)17-21(22)23(30)25-11-4-12-29-13-15-32-16-14-29/h5-10,17H,4,11-16H2,1-3H3,(H,25,30)(H2,26,27,31). The number of amides is 3. The predicted molar refractivity (Wildman–Crippen MR) is 136 cm³/mol. The van der Waals surface area contributed by atoms with Crippen LogP contribution in [0.5, 0.6) is 0 Å². The second-order valence-corrected chi connectivity index (χ2v) is 8.88. The number of rotatable bonds is 9. The molecule has 0 bridgehead atoms. The Balaban J connectivity index is 1.58. The lowest BCUT2D eigenvalue weighted by molar-refractivity contribution is 0.0374. The molecule has 1 aliphatic rings. The van der Waals surface area contributed by atoms with Crippen LogP contribution in [0.15, 0.2) is 47.4 Å². The molecule has 0 aromatic heterocycles. The molecular weight excluding hydrogens is 438 g/mol. The number of carbonyl (C=O) groups is 2. The molecule has 0 spiro atoms. The Morgan fingerprint density at radius 3 is 2.36 bits per heavy atom. The number of thioether (sulfide) groups is 1. The molecule has 1 aliphatic heterocycles. The van der Waals surface area contributed by atoms with Gasteiger partial charge in [-0.15, -0.1) is 11.8 Å². The molecule has 1 saturated heterocycles. The van der Waals surface area contributed by atoms with E-state index in [0.29, 0.717) is 23.5 Å². The number of hydrogen-bond acceptors (Lipinski definition) is 6. The van der Waals surface area contributed by atoms with Crippen LogP contribution in [0.25, 0.3) is 0 Å². The van der Waals surface area contributed by atoms with Gasteiger partial charge in [0, 0.05) is 55.7 Å². The molecule has 0 atom stereocenters. The summed E-state index contributed by atoms with van der Waals surface area (Å²) in [5.41, 5.74) is 2.57. The lowest BCUT2D eigenvalue weighted by Crippen LogP contribution is -2.38. The van der Waals surface area contributed by atoms with Crippen molar-refractivity contribution in [3.63, 3.8) is 0 Å². The van der Waals surface area contributed by atoms with Crippen molar-refractivity contribution in [1.82, 2.24) is 10.2 Å². The highest BCUT2D eigenvalue weighted by atomic mass is 32.2. The summed E-state index contributed by atoms with van der Waals surface area (Å²) < 4.78 is 5.37. The lowest BCUT2D eigenvalue weighted by Gasteiger charge is -2.26. The van der Waals surface area contributed by atoms with Crippen LogP contribution in [-0.2, 0) is 4.74 Å². The highest BCUT2D eigenvalue weighted by molar-refractivity contribution is 7.98. The van der Waals surface area contributed by atoms with E-state index in [9.17, 15) is 9.59 Å². The van der Waals surface area contributed by atoms with Crippen LogP contribution >= 0.6 is 11.8 Å². The normalized spacial score (nSPS) is 13.9. The Hall–Kier alpha value is -2.75. The summed E-state index contributed by atoms with van der Waals surface area (Å²) in [6.45, 7) is 4.95. The smallest absolute Gasteiger partial charge is 0.323 e. The van der Waals surface area contributed by atoms with Crippen molar-refractivity contribution in [2.24, 2.45) is 0 Å². The van der Waals surface area contributed by atoms with E-state index in [1.807, 2.05) is 55.6 Å². The molecule has 0 radical (unpaired) electrons. The third-order valence-electron chi connectivity index (χ3n) is 5.37. The average Bonchev–Trinajstić information content (AvgIpc) is 2.82. The van der Waals surface area contributed by atoms with Crippen molar-refractivity contribution in [3.05, 3.63) is 48.0 Å². The summed E-state index contributed by atoms with van der Waals surface area (Å²) in [6.07, 6.45) is 2.88. The average molecular weight is 472 g/mol. The van der Waals surface area contributed by atoms with E-state index in [1.165, 1.54) is 0 Å². The van der Waals surface area contributed by atoms with Crippen LogP contribution in [0.1, 0.15) is 16.8 Å². The number of carbonyl (C=O) groups excluding carboxylic acids is 2. The zero-order valence-corrected chi connectivity index (χ0v) is 20.3. The van der Waals surface area contributed by atoms with Gasteiger partial charge >= 0.3 is 6.03 Å². The Morgan fingerprint density at radius 1 is 1.03 bits per heavy atom. The molecule has 0 saturated carbocycles. The second-order valence-electron chi connectivity index (χ2n) is 8.00. The van der Waals surface area contributed by atoms with E-state index in [2.05, 4.69) is 20.9 Å². The molecule has 9 heteroatoms. The van der Waals surface area contributed by atoms with Crippen molar-refractivity contribution in [1.29, 1.82) is 0 Å². The van der Waals surface area contributed by atoms with Crippen molar-refractivity contribution in [3.8, 4) is 0 Å². The maximum Gasteiger partial charge on any atom is 0.323 e. The first-order valence-electron chi connectivity index (χ1n) is 11.1. The summed E-state index contributed by atoms with van der Waals surface area (Å²) in [6, 6.07) is 12.6. The van der Waals surface area contributed by atoms with E-state index in [-0.39, 0.29) is 11.9 Å². The van der Waals surface area contributed by atoms with Crippen LogP contribution < -0.4 is 20.9 Å². The van der Waals surface area contributed by atoms with Gasteiger partial charge < -0.3 is 25.6 Å². The lowest BCUT2D eigenvalue weighted by atomic mass is 10.1. The van der Waals surface area contributed by atoms with Gasteiger partial charge in [0.2, 0.25) is 0 Å². The van der Waals surface area contributed by atoms with E-state index in [4.69, 9.17) is 4.74 Å². The third-order valence-corrected chi connectivity index (χ3v) is 6.11. The van der Waals surface area contributed by atoms with Gasteiger partial charge in [-0.25, -0.2) is 4.79 Å². The van der Waals surface area contributed by atoms with E-state index in [1.54, 1.807) is 23.9 Å². The minimum atomic E-state index is -0.360. The topological polar surface area (TPSA) is 85.9 Å². The summed E-state index contributed by atoms with van der Waals surface area (Å²) in [4.78, 5) is 30.7. The van der Waals surface area contributed by atoms with Gasteiger partial charge in [-0.1, -0.05) is 0 Å². The van der Waals surface area contributed by atoms with Gasteiger partial charge in [0.15, 0.2) is 0 Å². The predicted octanol–water partition coefficient (Wildman–Crippen LogP) is 3.57. The zero-order chi connectivity index (χ0) is 23.6. The van der Waals surface area contributed by atoms with Crippen molar-refractivity contribution in [2.45, 2.75) is 11.3 Å². The van der Waals surface area contributed by atoms with Crippen LogP contribution in [0.2, 0.25) is 0 Å². The fourth-order valence-corrected chi connectivity index (χ4v) is 3.99. The number of urea groups is 1. The Kier molecular flexibility index (Phi) is 9.41. The molecule has 33 heavy (non-hydrogen) atoms. The minimum Gasteiger partial charge on any atom is -0.379 e. The first kappa shape index (κ1) is 24.9. The first-order chi connectivity index (χ1) is 16.0. The van der Waals surface area contributed by atoms with Gasteiger partial charge in [0.25, 0.3) is 5.91 Å². The number of morpholine rings is 1. The van der Waals surface area contributed by atoms with Crippen LogP contribution in [0.3, 0.4) is 0 Å². The molecule has 3 rings (SSSR count). The molecular formula is C24H33N5O3S. The summed E-state index contributed by atoms with van der Waals surface area (Å²) in [5, 5.41) is 8.65. The molecule has 1 heterocycles. The third kappa shape index (κ3) is 7.66. The Labute approximate surface area is 200 Å². The molecule has 178 valence electrons. The van der Waals surface area contributed by atoms with Crippen molar-refractivity contribution in [2.75, 3.05) is 75.3 Å². The van der Waals surface area contributed by atoms with Gasteiger partial charge in [-0.3, -0.25) is 9.69 Å². The Bertz CT molecular complexity index is 930. The van der Waals surface area contributed by atoms with Gasteiger partial charge in [0.1, 0.15) is 0 Å². The van der Waals surface area contributed by atoms with Crippen molar-refractivity contribution < 1.29 is 14.3 Å². The van der Waals surface area contributed by atoms with E-state index in [0.717, 1.165) is 49.9 Å². The Morgan fingerprint density at radius 2 is 1.70 bits per heavy atom. The molecule has 8 nitrogen and oxygen atoms in total. The van der Waals surface area contributed by atoms with E-state index >= 15 is 0 Å². The van der Waals surface area contributed by atoms with Gasteiger partial charge in [-0.05, 0) is 61.7 Å².